The van der Waals surface area contributed by atoms with Crippen molar-refractivity contribution < 1.29 is 0 Å². The molecule has 2 aliphatic rings. The zero-order valence-electron chi connectivity index (χ0n) is 21.0. The highest BCUT2D eigenvalue weighted by Gasteiger charge is 2.30. The maximum atomic E-state index is 4.99. The highest BCUT2D eigenvalue weighted by molar-refractivity contribution is 5.54. The molecule has 4 rings (SSSR count). The van der Waals surface area contributed by atoms with E-state index < -0.39 is 0 Å². The van der Waals surface area contributed by atoms with Gasteiger partial charge in [0.2, 0.25) is 0 Å². The number of piperidine rings is 1. The lowest BCUT2D eigenvalue weighted by molar-refractivity contribution is 0.0589. The Morgan fingerprint density at radius 1 is 0.875 bits per heavy atom. The number of nitrogens with one attached hydrogen (secondary N) is 1. The van der Waals surface area contributed by atoms with Gasteiger partial charge in [0.1, 0.15) is 11.5 Å². The molecule has 2 aliphatic heterocycles. The Morgan fingerprint density at radius 2 is 1.62 bits per heavy atom. The number of H-pyrrole nitrogens is 1. The number of aromatic amines is 1. The van der Waals surface area contributed by atoms with Gasteiger partial charge in [0.25, 0.3) is 0 Å². The van der Waals surface area contributed by atoms with E-state index in [9.17, 15) is 0 Å². The third kappa shape index (κ3) is 5.34. The number of hydrogen-bond acceptors (Lipinski definition) is 5. The van der Waals surface area contributed by atoms with Crippen LogP contribution in [0.3, 0.4) is 0 Å². The van der Waals surface area contributed by atoms with Crippen LogP contribution < -0.4 is 4.90 Å². The fourth-order valence-corrected chi connectivity index (χ4v) is 5.00. The normalized spacial score (nSPS) is 20.5. The number of nitrogens with zero attached hydrogens (tertiary/aromatic N) is 5. The Hall–Kier alpha value is -1.92. The molecule has 2 aromatic heterocycles. The Morgan fingerprint density at radius 3 is 2.28 bits per heavy atom. The summed E-state index contributed by atoms with van der Waals surface area (Å²) >= 11 is 0. The fourth-order valence-electron chi connectivity index (χ4n) is 5.00. The van der Waals surface area contributed by atoms with Gasteiger partial charge < -0.3 is 9.88 Å². The topological polar surface area (TPSA) is 51.3 Å². The van der Waals surface area contributed by atoms with E-state index in [1.54, 1.807) is 0 Å². The first kappa shape index (κ1) is 23.2. The Labute approximate surface area is 194 Å². The van der Waals surface area contributed by atoms with E-state index >= 15 is 0 Å². The van der Waals surface area contributed by atoms with Crippen LogP contribution in [0, 0.1) is 0 Å². The first-order valence-corrected chi connectivity index (χ1v) is 12.4. The van der Waals surface area contributed by atoms with Gasteiger partial charge in [-0.1, -0.05) is 26.8 Å². The molecule has 0 bridgehead atoms. The predicted octanol–water partition coefficient (Wildman–Crippen LogP) is 4.54. The highest BCUT2D eigenvalue weighted by atomic mass is 15.3. The molecule has 176 valence electrons. The summed E-state index contributed by atoms with van der Waals surface area (Å²) in [4.78, 5) is 21.0. The lowest BCUT2D eigenvalue weighted by Crippen LogP contribution is -2.51. The standard InChI is InChI=1S/C26H42N6/c1-25(2,3)22-19-27-24(29-22)21-9-7-10-23(28-21)31-14-8-13-30(17-18-31)20-11-15-32(16-12-20)26(4,5)6/h7,9-10,19-20H,8,11-18H2,1-6H3,(H,27,29). The molecule has 0 spiro atoms. The first-order chi connectivity index (χ1) is 15.1. The van der Waals surface area contributed by atoms with Crippen LogP contribution in [-0.4, -0.2) is 75.6 Å². The van der Waals surface area contributed by atoms with Crippen molar-refractivity contribution in [3.8, 4) is 11.5 Å². The Kier molecular flexibility index (Phi) is 6.64. The van der Waals surface area contributed by atoms with E-state index in [0.717, 1.165) is 48.7 Å². The zero-order chi connectivity index (χ0) is 22.9. The first-order valence-electron chi connectivity index (χ1n) is 12.4. The van der Waals surface area contributed by atoms with Crippen molar-refractivity contribution in [1.29, 1.82) is 0 Å². The average Bonchev–Trinajstić information content (AvgIpc) is 3.13. The second kappa shape index (κ2) is 9.14. The molecule has 0 radical (unpaired) electrons. The molecular formula is C26H42N6. The van der Waals surface area contributed by atoms with Crippen LogP contribution in [-0.2, 0) is 5.41 Å². The Bertz CT molecular complexity index is 882. The minimum absolute atomic E-state index is 0.0314. The average molecular weight is 439 g/mol. The molecule has 2 saturated heterocycles. The van der Waals surface area contributed by atoms with E-state index in [2.05, 4.69) is 79.4 Å². The number of pyridine rings is 1. The minimum atomic E-state index is 0.0314. The van der Waals surface area contributed by atoms with Crippen molar-refractivity contribution in [3.05, 3.63) is 30.1 Å². The van der Waals surface area contributed by atoms with Crippen LogP contribution in [0.25, 0.3) is 11.5 Å². The maximum Gasteiger partial charge on any atom is 0.156 e. The van der Waals surface area contributed by atoms with Gasteiger partial charge in [-0.3, -0.25) is 9.80 Å². The lowest BCUT2D eigenvalue weighted by atomic mass is 9.93. The number of rotatable bonds is 3. The number of imidazole rings is 1. The molecule has 32 heavy (non-hydrogen) atoms. The van der Waals surface area contributed by atoms with E-state index in [-0.39, 0.29) is 5.41 Å². The van der Waals surface area contributed by atoms with Crippen LogP contribution in [0.4, 0.5) is 5.82 Å². The molecule has 0 unspecified atom stereocenters. The molecule has 0 atom stereocenters. The van der Waals surface area contributed by atoms with Gasteiger partial charge in [0.15, 0.2) is 5.82 Å². The van der Waals surface area contributed by atoms with Crippen LogP contribution in [0.5, 0.6) is 0 Å². The fraction of sp³-hybridized carbons (Fsp3) is 0.692. The largest absolute Gasteiger partial charge is 0.355 e. The molecule has 4 heterocycles. The van der Waals surface area contributed by atoms with Gasteiger partial charge in [0.05, 0.1) is 5.69 Å². The molecule has 0 saturated carbocycles. The van der Waals surface area contributed by atoms with Crippen LogP contribution >= 0.6 is 0 Å². The molecule has 0 amide bonds. The van der Waals surface area contributed by atoms with Gasteiger partial charge in [-0.15, -0.1) is 0 Å². The van der Waals surface area contributed by atoms with Gasteiger partial charge >= 0.3 is 0 Å². The predicted molar refractivity (Wildman–Crippen MR) is 133 cm³/mol. The van der Waals surface area contributed by atoms with E-state index in [1.165, 1.54) is 38.9 Å². The minimum Gasteiger partial charge on any atom is -0.355 e. The van der Waals surface area contributed by atoms with Crippen molar-refractivity contribution in [2.24, 2.45) is 0 Å². The number of anilines is 1. The summed E-state index contributed by atoms with van der Waals surface area (Å²) in [5, 5.41) is 0. The van der Waals surface area contributed by atoms with E-state index in [1.807, 2.05) is 6.20 Å². The van der Waals surface area contributed by atoms with Gasteiger partial charge in [-0.05, 0) is 52.2 Å². The summed E-state index contributed by atoms with van der Waals surface area (Å²) in [6.45, 7) is 20.5. The molecule has 0 aliphatic carbocycles. The van der Waals surface area contributed by atoms with Crippen molar-refractivity contribution in [3.63, 3.8) is 0 Å². The van der Waals surface area contributed by atoms with Gasteiger partial charge in [-0.2, -0.15) is 0 Å². The molecular weight excluding hydrogens is 396 g/mol. The molecule has 6 nitrogen and oxygen atoms in total. The van der Waals surface area contributed by atoms with Crippen molar-refractivity contribution in [1.82, 2.24) is 24.8 Å². The van der Waals surface area contributed by atoms with E-state index in [0.29, 0.717) is 5.54 Å². The third-order valence-electron chi connectivity index (χ3n) is 7.11. The third-order valence-corrected chi connectivity index (χ3v) is 7.11. The molecule has 6 heteroatoms. The summed E-state index contributed by atoms with van der Waals surface area (Å²) in [6.07, 6.45) is 5.79. The second-order valence-electron chi connectivity index (χ2n) is 11.5. The summed E-state index contributed by atoms with van der Waals surface area (Å²) in [5.41, 5.74) is 2.32. The molecule has 0 aromatic carbocycles. The number of aromatic nitrogens is 3. The van der Waals surface area contributed by atoms with Crippen LogP contribution in [0.15, 0.2) is 24.4 Å². The lowest BCUT2D eigenvalue weighted by Gasteiger charge is -2.43. The smallest absolute Gasteiger partial charge is 0.156 e. The number of hydrogen-bond donors (Lipinski definition) is 1. The summed E-state index contributed by atoms with van der Waals surface area (Å²) in [6, 6.07) is 7.05. The Balaban J connectivity index is 1.39. The van der Waals surface area contributed by atoms with E-state index in [4.69, 9.17) is 9.97 Å². The monoisotopic (exact) mass is 438 g/mol. The van der Waals surface area contributed by atoms with Crippen molar-refractivity contribution >= 4 is 5.82 Å². The zero-order valence-corrected chi connectivity index (χ0v) is 21.0. The molecule has 2 aromatic rings. The second-order valence-corrected chi connectivity index (χ2v) is 11.5. The quantitative estimate of drug-likeness (QED) is 0.762. The summed E-state index contributed by atoms with van der Waals surface area (Å²) in [5.74, 6) is 1.93. The van der Waals surface area contributed by atoms with Crippen molar-refractivity contribution in [2.45, 2.75) is 77.8 Å². The van der Waals surface area contributed by atoms with Crippen molar-refractivity contribution in [2.75, 3.05) is 44.2 Å². The highest BCUT2D eigenvalue weighted by Crippen LogP contribution is 2.26. The SMILES string of the molecule is CC(C)(C)c1c[nH]c(-c2cccc(N3CCCN(C4CCN(C(C)(C)C)CC4)CC3)n2)n1. The molecule has 1 N–H and O–H groups in total. The van der Waals surface area contributed by atoms with Gasteiger partial charge in [0, 0.05) is 62.5 Å². The van der Waals surface area contributed by atoms with Crippen LogP contribution in [0.2, 0.25) is 0 Å². The van der Waals surface area contributed by atoms with Crippen LogP contribution in [0.1, 0.15) is 66.5 Å². The number of likely N-dealkylation sites (tertiary alicyclic amines) is 1. The van der Waals surface area contributed by atoms with Gasteiger partial charge in [-0.25, -0.2) is 9.97 Å². The maximum absolute atomic E-state index is 4.99. The summed E-state index contributed by atoms with van der Waals surface area (Å²) < 4.78 is 0. The summed E-state index contributed by atoms with van der Waals surface area (Å²) in [7, 11) is 0. The molecule has 2 fully saturated rings.